The van der Waals surface area contributed by atoms with E-state index in [1.807, 2.05) is 48.7 Å². The number of hydrogen-bond acceptors (Lipinski definition) is 3. The number of aliphatic imine (C=N–C) groups is 2. The van der Waals surface area contributed by atoms with Crippen molar-refractivity contribution in [3.05, 3.63) is 54.8 Å². The van der Waals surface area contributed by atoms with Gasteiger partial charge in [0.25, 0.3) is 5.91 Å². The van der Waals surface area contributed by atoms with Crippen LogP contribution in [0.2, 0.25) is 0 Å². The van der Waals surface area contributed by atoms with E-state index < -0.39 is 0 Å². The molecule has 2 aromatic rings. The van der Waals surface area contributed by atoms with Crippen molar-refractivity contribution in [2.75, 3.05) is 5.32 Å². The van der Waals surface area contributed by atoms with Gasteiger partial charge in [-0.15, -0.1) is 0 Å². The second-order valence-electron chi connectivity index (χ2n) is 5.92. The van der Waals surface area contributed by atoms with Gasteiger partial charge >= 0.3 is 0 Å². The van der Waals surface area contributed by atoms with E-state index in [2.05, 4.69) is 20.3 Å². The molecule has 124 valence electrons. The maximum Gasteiger partial charge on any atom is 0.260 e. The zero-order valence-electron chi connectivity index (χ0n) is 13.4. The molecule has 6 nitrogen and oxygen atoms in total. The number of nitrogens with zero attached hydrogens (tertiary/aromatic N) is 2. The molecule has 1 atom stereocenters. The molecule has 0 bridgehead atoms. The average molecular weight is 332 g/mol. The molecule has 2 N–H and O–H groups in total. The fourth-order valence-corrected chi connectivity index (χ4v) is 2.96. The van der Waals surface area contributed by atoms with E-state index in [0.717, 1.165) is 16.6 Å². The van der Waals surface area contributed by atoms with Crippen molar-refractivity contribution in [3.8, 4) is 0 Å². The number of H-pyrrole nitrogens is 1. The van der Waals surface area contributed by atoms with Crippen molar-refractivity contribution >= 4 is 40.0 Å². The molecule has 2 aliphatic rings. The van der Waals surface area contributed by atoms with Crippen molar-refractivity contribution in [1.29, 1.82) is 0 Å². The van der Waals surface area contributed by atoms with Gasteiger partial charge in [-0.1, -0.05) is 24.3 Å². The lowest BCUT2D eigenvalue weighted by Crippen LogP contribution is -2.27. The maximum atomic E-state index is 12.3. The number of aromatic amines is 1. The van der Waals surface area contributed by atoms with Crippen LogP contribution in [0.15, 0.2) is 64.8 Å². The van der Waals surface area contributed by atoms with Crippen LogP contribution in [0.5, 0.6) is 0 Å². The number of hydrogen-bond donors (Lipinski definition) is 2. The first-order valence-electron chi connectivity index (χ1n) is 8.11. The first-order chi connectivity index (χ1) is 12.2. The van der Waals surface area contributed by atoms with E-state index >= 15 is 0 Å². The zero-order valence-corrected chi connectivity index (χ0v) is 13.4. The largest absolute Gasteiger partial charge is 0.361 e. The van der Waals surface area contributed by atoms with Crippen LogP contribution in [0, 0.1) is 5.92 Å². The molecule has 1 unspecified atom stereocenters. The summed E-state index contributed by atoms with van der Waals surface area (Å²) in [6.07, 6.45) is 9.63. The molecule has 1 aromatic heterocycles. The Labute approximate surface area is 144 Å². The van der Waals surface area contributed by atoms with Crippen molar-refractivity contribution < 1.29 is 9.59 Å². The first-order valence-corrected chi connectivity index (χ1v) is 8.11. The van der Waals surface area contributed by atoms with Crippen LogP contribution in [0.4, 0.5) is 5.69 Å². The van der Waals surface area contributed by atoms with Crippen molar-refractivity contribution in [2.45, 2.75) is 12.8 Å². The summed E-state index contributed by atoms with van der Waals surface area (Å²) in [5.74, 6) is -0.330. The third-order valence-electron chi connectivity index (χ3n) is 4.21. The Morgan fingerprint density at radius 1 is 1.20 bits per heavy atom. The topological polar surface area (TPSA) is 86.7 Å². The molecule has 0 saturated carbocycles. The molecular weight excluding hydrogens is 316 g/mol. The van der Waals surface area contributed by atoms with E-state index in [9.17, 15) is 9.59 Å². The van der Waals surface area contributed by atoms with Crippen LogP contribution >= 0.6 is 0 Å². The van der Waals surface area contributed by atoms with E-state index in [1.54, 1.807) is 6.08 Å². The molecule has 0 spiro atoms. The highest BCUT2D eigenvalue weighted by Gasteiger charge is 2.26. The Morgan fingerprint density at radius 2 is 2.12 bits per heavy atom. The second-order valence-corrected chi connectivity index (χ2v) is 5.92. The van der Waals surface area contributed by atoms with E-state index in [1.165, 1.54) is 0 Å². The molecular formula is C19H16N4O2. The van der Waals surface area contributed by atoms with Gasteiger partial charge in [0.2, 0.25) is 5.91 Å². The number of rotatable bonds is 4. The minimum Gasteiger partial charge on any atom is -0.361 e. The molecule has 2 heterocycles. The fraction of sp³-hybridized carbons (Fsp3) is 0.158. The molecule has 25 heavy (non-hydrogen) atoms. The zero-order chi connectivity index (χ0) is 17.2. The third kappa shape index (κ3) is 3.06. The number of carbonyl (C=O) groups excluding carboxylic acids is 2. The van der Waals surface area contributed by atoms with Crippen LogP contribution < -0.4 is 5.32 Å². The van der Waals surface area contributed by atoms with Gasteiger partial charge in [0.15, 0.2) is 0 Å². The number of aromatic nitrogens is 1. The Hall–Kier alpha value is -3.28. The van der Waals surface area contributed by atoms with E-state index in [0.29, 0.717) is 18.0 Å². The average Bonchev–Trinajstić information content (AvgIpc) is 3.10. The maximum absolute atomic E-state index is 12.3. The van der Waals surface area contributed by atoms with Gasteiger partial charge < -0.3 is 10.3 Å². The normalized spacial score (nSPS) is 18.7. The van der Waals surface area contributed by atoms with Crippen LogP contribution in [-0.4, -0.2) is 28.3 Å². The van der Waals surface area contributed by atoms with Gasteiger partial charge in [0, 0.05) is 29.9 Å². The summed E-state index contributed by atoms with van der Waals surface area (Å²) in [7, 11) is 0. The Kier molecular flexibility index (Phi) is 3.85. The lowest BCUT2D eigenvalue weighted by atomic mass is 9.96. The number of allylic oxidation sites excluding steroid dienone is 3. The number of anilines is 1. The van der Waals surface area contributed by atoms with Gasteiger partial charge in [-0.25, -0.2) is 4.99 Å². The summed E-state index contributed by atoms with van der Waals surface area (Å²) >= 11 is 0. The number of fused-ring (bicyclic) bond motifs is 2. The quantitative estimate of drug-likeness (QED) is 0.901. The monoisotopic (exact) mass is 332 g/mol. The standard InChI is InChI=1S/C19H16N4O2/c24-18(22-15-7-3-6-14-12(15)10-11-20-14)9-8-17-21-16-5-2-1-4-13(16)19(25)23-17/h1-7,10-11,13,20H,8-9H2,(H,22,24). The summed E-state index contributed by atoms with van der Waals surface area (Å²) in [5.41, 5.74) is 2.42. The number of amides is 2. The van der Waals surface area contributed by atoms with Gasteiger partial charge in [0.1, 0.15) is 11.8 Å². The lowest BCUT2D eigenvalue weighted by Gasteiger charge is -2.17. The summed E-state index contributed by atoms with van der Waals surface area (Å²) in [6, 6.07) is 7.61. The summed E-state index contributed by atoms with van der Waals surface area (Å²) in [5, 5.41) is 3.87. The summed E-state index contributed by atoms with van der Waals surface area (Å²) in [4.78, 5) is 35.8. The molecule has 1 aliphatic carbocycles. The van der Waals surface area contributed by atoms with Crippen LogP contribution in [0.3, 0.4) is 0 Å². The highest BCUT2D eigenvalue weighted by atomic mass is 16.2. The summed E-state index contributed by atoms with van der Waals surface area (Å²) < 4.78 is 0. The molecule has 2 amide bonds. The van der Waals surface area contributed by atoms with Gasteiger partial charge in [-0.05, 0) is 24.3 Å². The molecule has 0 saturated heterocycles. The number of benzene rings is 1. The molecule has 1 aliphatic heterocycles. The van der Waals surface area contributed by atoms with E-state index in [4.69, 9.17) is 0 Å². The van der Waals surface area contributed by atoms with Crippen LogP contribution in [0.25, 0.3) is 10.9 Å². The molecule has 6 heteroatoms. The van der Waals surface area contributed by atoms with Gasteiger partial charge in [0.05, 0.1) is 11.4 Å². The Balaban J connectivity index is 1.42. The predicted molar refractivity (Wildman–Crippen MR) is 97.8 cm³/mol. The van der Waals surface area contributed by atoms with Crippen molar-refractivity contribution in [3.63, 3.8) is 0 Å². The number of carbonyl (C=O) groups is 2. The SMILES string of the molecule is O=C(CCC1=NC(=O)C2C=CC=CC2=N1)Nc1cccc2[nH]ccc12. The van der Waals surface area contributed by atoms with Gasteiger partial charge in [-0.2, -0.15) is 4.99 Å². The third-order valence-corrected chi connectivity index (χ3v) is 4.21. The van der Waals surface area contributed by atoms with Crippen LogP contribution in [-0.2, 0) is 9.59 Å². The highest BCUT2D eigenvalue weighted by molar-refractivity contribution is 6.21. The minimum absolute atomic E-state index is 0.134. The molecule has 4 rings (SSSR count). The highest BCUT2D eigenvalue weighted by Crippen LogP contribution is 2.22. The number of nitrogens with one attached hydrogen (secondary N) is 2. The smallest absolute Gasteiger partial charge is 0.260 e. The summed E-state index contributed by atoms with van der Waals surface area (Å²) in [6.45, 7) is 0. The molecule has 0 radical (unpaired) electrons. The molecule has 0 fully saturated rings. The fourth-order valence-electron chi connectivity index (χ4n) is 2.96. The molecule has 1 aromatic carbocycles. The van der Waals surface area contributed by atoms with Gasteiger partial charge in [-0.3, -0.25) is 9.59 Å². The van der Waals surface area contributed by atoms with Crippen LogP contribution in [0.1, 0.15) is 12.8 Å². The van der Waals surface area contributed by atoms with E-state index in [-0.39, 0.29) is 24.2 Å². The Bertz CT molecular complexity index is 978. The number of amidine groups is 1. The Morgan fingerprint density at radius 3 is 3.04 bits per heavy atom. The lowest BCUT2D eigenvalue weighted by molar-refractivity contribution is -0.119. The van der Waals surface area contributed by atoms with Crippen molar-refractivity contribution in [1.82, 2.24) is 4.98 Å². The predicted octanol–water partition coefficient (Wildman–Crippen LogP) is 3.01. The minimum atomic E-state index is -0.381. The first kappa shape index (κ1) is 15.3. The van der Waals surface area contributed by atoms with Crippen molar-refractivity contribution in [2.24, 2.45) is 15.9 Å². The second kappa shape index (κ2) is 6.32.